The van der Waals surface area contributed by atoms with Crippen molar-refractivity contribution < 1.29 is 10.0 Å². The van der Waals surface area contributed by atoms with Gasteiger partial charge in [0, 0.05) is 18.0 Å². The van der Waals surface area contributed by atoms with Gasteiger partial charge in [0.15, 0.2) is 0 Å². The fraction of sp³-hybridized carbons (Fsp3) is 0.333. The van der Waals surface area contributed by atoms with Crippen molar-refractivity contribution in [3.05, 3.63) is 34.9 Å². The molecule has 98 valence electrons. The van der Waals surface area contributed by atoms with Crippen LogP contribution in [0.4, 0.5) is 0 Å². The average molecular weight is 270 g/mol. The Bertz CT molecular complexity index is 435. The van der Waals surface area contributed by atoms with Gasteiger partial charge in [-0.15, -0.1) is 0 Å². The van der Waals surface area contributed by atoms with Gasteiger partial charge in [-0.05, 0) is 24.1 Å². The lowest BCUT2D eigenvalue weighted by molar-refractivity contribution is -0.120. The molecule has 0 aliphatic heterocycles. The minimum absolute atomic E-state index is 0.0724. The maximum atomic E-state index is 11.6. The van der Waals surface area contributed by atoms with Gasteiger partial charge in [0.2, 0.25) is 5.91 Å². The van der Waals surface area contributed by atoms with Crippen LogP contribution in [0.5, 0.6) is 0 Å². The van der Waals surface area contributed by atoms with Crippen molar-refractivity contribution in [2.45, 2.75) is 19.3 Å². The second-order valence-corrected chi connectivity index (χ2v) is 4.29. The standard InChI is InChI=1S/C12H16ClN3O2/c13-10-4-1-3-9(7-10)8-12(17)15-6-2-5-11(14)16-18/h1,3-4,7,18H,2,5-6,8H2,(H2,14,16)(H,15,17). The molecule has 0 spiro atoms. The van der Waals surface area contributed by atoms with E-state index in [2.05, 4.69) is 10.5 Å². The molecule has 0 fully saturated rings. The highest BCUT2D eigenvalue weighted by Gasteiger charge is 2.03. The van der Waals surface area contributed by atoms with Gasteiger partial charge in [-0.2, -0.15) is 0 Å². The molecule has 0 aromatic heterocycles. The minimum atomic E-state index is -0.0724. The first kappa shape index (κ1) is 14.3. The molecule has 0 saturated carbocycles. The molecule has 1 aromatic rings. The average Bonchev–Trinajstić information content (AvgIpc) is 2.34. The summed E-state index contributed by atoms with van der Waals surface area (Å²) in [5.74, 6) is 0.0934. The second kappa shape index (κ2) is 7.55. The zero-order valence-electron chi connectivity index (χ0n) is 9.90. The van der Waals surface area contributed by atoms with Gasteiger partial charge in [-0.1, -0.05) is 28.9 Å². The summed E-state index contributed by atoms with van der Waals surface area (Å²) in [6.07, 6.45) is 1.38. The highest BCUT2D eigenvalue weighted by atomic mass is 35.5. The Kier molecular flexibility index (Phi) is 6.00. The van der Waals surface area contributed by atoms with Crippen LogP contribution in [0.1, 0.15) is 18.4 Å². The van der Waals surface area contributed by atoms with E-state index in [1.807, 2.05) is 12.1 Å². The Labute approximate surface area is 111 Å². The summed E-state index contributed by atoms with van der Waals surface area (Å²) in [6.45, 7) is 0.496. The zero-order valence-corrected chi connectivity index (χ0v) is 10.7. The summed E-state index contributed by atoms with van der Waals surface area (Å²) in [5, 5.41) is 14.6. The summed E-state index contributed by atoms with van der Waals surface area (Å²) in [7, 11) is 0. The van der Waals surface area contributed by atoms with E-state index in [0.717, 1.165) is 5.56 Å². The molecule has 4 N–H and O–H groups in total. The third-order valence-corrected chi connectivity index (χ3v) is 2.55. The molecule has 0 aliphatic rings. The quantitative estimate of drug-likeness (QED) is 0.241. The Balaban J connectivity index is 2.26. The van der Waals surface area contributed by atoms with Crippen LogP contribution in [0, 0.1) is 0 Å². The molecule has 0 bridgehead atoms. The molecule has 0 radical (unpaired) electrons. The van der Waals surface area contributed by atoms with Crippen LogP contribution in [0.25, 0.3) is 0 Å². The van der Waals surface area contributed by atoms with Crippen LogP contribution in [0.3, 0.4) is 0 Å². The van der Waals surface area contributed by atoms with Crippen LogP contribution in [-0.4, -0.2) is 23.5 Å². The molecule has 18 heavy (non-hydrogen) atoms. The van der Waals surface area contributed by atoms with Gasteiger partial charge in [0.05, 0.1) is 6.42 Å². The number of hydrogen-bond acceptors (Lipinski definition) is 3. The number of oxime groups is 1. The number of carbonyl (C=O) groups is 1. The Morgan fingerprint density at radius 3 is 2.94 bits per heavy atom. The molecule has 1 amide bonds. The predicted molar refractivity (Wildman–Crippen MR) is 70.8 cm³/mol. The first-order valence-corrected chi connectivity index (χ1v) is 5.97. The van der Waals surface area contributed by atoms with E-state index < -0.39 is 0 Å². The molecule has 0 aliphatic carbocycles. The lowest BCUT2D eigenvalue weighted by atomic mass is 10.1. The molecule has 0 unspecified atom stereocenters. The lowest BCUT2D eigenvalue weighted by Crippen LogP contribution is -2.27. The monoisotopic (exact) mass is 269 g/mol. The van der Waals surface area contributed by atoms with Gasteiger partial charge in [-0.25, -0.2) is 0 Å². The maximum Gasteiger partial charge on any atom is 0.224 e. The molecular formula is C12H16ClN3O2. The van der Waals surface area contributed by atoms with Crippen molar-refractivity contribution in [2.24, 2.45) is 10.9 Å². The number of nitrogens with zero attached hydrogens (tertiary/aromatic N) is 1. The summed E-state index contributed by atoms with van der Waals surface area (Å²) >= 11 is 5.82. The topological polar surface area (TPSA) is 87.7 Å². The fourth-order valence-corrected chi connectivity index (χ4v) is 1.66. The lowest BCUT2D eigenvalue weighted by Gasteiger charge is -2.05. The third-order valence-electron chi connectivity index (χ3n) is 2.31. The number of halogens is 1. The van der Waals surface area contributed by atoms with Crippen molar-refractivity contribution in [3.63, 3.8) is 0 Å². The van der Waals surface area contributed by atoms with E-state index in [1.165, 1.54) is 0 Å². The van der Waals surface area contributed by atoms with Gasteiger partial charge in [0.1, 0.15) is 5.84 Å². The van der Waals surface area contributed by atoms with E-state index in [-0.39, 0.29) is 11.7 Å². The molecular weight excluding hydrogens is 254 g/mol. The largest absolute Gasteiger partial charge is 0.409 e. The number of amides is 1. The van der Waals surface area contributed by atoms with Crippen molar-refractivity contribution >= 4 is 23.3 Å². The van der Waals surface area contributed by atoms with Crippen molar-refractivity contribution in [1.29, 1.82) is 0 Å². The number of carbonyl (C=O) groups excluding carboxylic acids is 1. The molecule has 5 nitrogen and oxygen atoms in total. The van der Waals surface area contributed by atoms with Crippen LogP contribution in [-0.2, 0) is 11.2 Å². The van der Waals surface area contributed by atoms with E-state index in [4.69, 9.17) is 22.5 Å². The van der Waals surface area contributed by atoms with Crippen LogP contribution in [0.2, 0.25) is 5.02 Å². The number of benzene rings is 1. The van der Waals surface area contributed by atoms with Gasteiger partial charge in [-0.3, -0.25) is 4.79 Å². The summed E-state index contributed by atoms with van der Waals surface area (Å²) in [6, 6.07) is 7.18. The highest BCUT2D eigenvalue weighted by molar-refractivity contribution is 6.30. The first-order valence-electron chi connectivity index (χ1n) is 5.59. The second-order valence-electron chi connectivity index (χ2n) is 3.85. The Hall–Kier alpha value is -1.75. The molecule has 1 aromatic carbocycles. The number of nitrogens with two attached hydrogens (primary N) is 1. The molecule has 6 heteroatoms. The van der Waals surface area contributed by atoms with Crippen molar-refractivity contribution in [1.82, 2.24) is 5.32 Å². The first-order chi connectivity index (χ1) is 8.61. The van der Waals surface area contributed by atoms with E-state index in [0.29, 0.717) is 30.8 Å². The summed E-state index contributed by atoms with van der Waals surface area (Å²) in [5.41, 5.74) is 6.17. The predicted octanol–water partition coefficient (Wildman–Crippen LogP) is 1.53. The molecule has 0 heterocycles. The SMILES string of the molecule is NC(CCCNC(=O)Cc1cccc(Cl)c1)=NO. The van der Waals surface area contributed by atoms with Crippen LogP contribution in [0.15, 0.2) is 29.4 Å². The highest BCUT2D eigenvalue weighted by Crippen LogP contribution is 2.10. The van der Waals surface area contributed by atoms with E-state index in [9.17, 15) is 4.79 Å². The molecule has 0 saturated heterocycles. The zero-order chi connectivity index (χ0) is 13.4. The fourth-order valence-electron chi connectivity index (χ4n) is 1.44. The van der Waals surface area contributed by atoms with Gasteiger partial charge < -0.3 is 16.3 Å². The van der Waals surface area contributed by atoms with Crippen LogP contribution >= 0.6 is 11.6 Å². The van der Waals surface area contributed by atoms with E-state index in [1.54, 1.807) is 12.1 Å². The normalized spacial score (nSPS) is 11.3. The number of nitrogens with one attached hydrogen (secondary N) is 1. The van der Waals surface area contributed by atoms with Crippen molar-refractivity contribution in [3.8, 4) is 0 Å². The third kappa shape index (κ3) is 5.54. The Morgan fingerprint density at radius 2 is 2.28 bits per heavy atom. The molecule has 1 rings (SSSR count). The smallest absolute Gasteiger partial charge is 0.224 e. The summed E-state index contributed by atoms with van der Waals surface area (Å²) in [4.78, 5) is 11.6. The minimum Gasteiger partial charge on any atom is -0.409 e. The van der Waals surface area contributed by atoms with Crippen molar-refractivity contribution in [2.75, 3.05) is 6.54 Å². The number of hydrogen-bond donors (Lipinski definition) is 3. The number of rotatable bonds is 6. The maximum absolute atomic E-state index is 11.6. The van der Waals surface area contributed by atoms with Crippen LogP contribution < -0.4 is 11.1 Å². The number of amidine groups is 1. The van der Waals surface area contributed by atoms with Gasteiger partial charge >= 0.3 is 0 Å². The molecule has 0 atom stereocenters. The van der Waals surface area contributed by atoms with E-state index >= 15 is 0 Å². The van der Waals surface area contributed by atoms with Gasteiger partial charge in [0.25, 0.3) is 0 Å². The Morgan fingerprint density at radius 1 is 1.50 bits per heavy atom. The summed E-state index contributed by atoms with van der Waals surface area (Å²) < 4.78 is 0.